The van der Waals surface area contributed by atoms with Crippen molar-refractivity contribution >= 4 is 34.9 Å². The smallest absolute Gasteiger partial charge is 0.332 e. The number of carbonyl (C=O) groups is 2. The van der Waals surface area contributed by atoms with E-state index in [0.29, 0.717) is 35.5 Å². The minimum atomic E-state index is -0.0989. The van der Waals surface area contributed by atoms with Crippen LogP contribution in [0.3, 0.4) is 0 Å². The number of amides is 3. The van der Waals surface area contributed by atoms with Gasteiger partial charge in [0.25, 0.3) is 5.91 Å². The highest BCUT2D eigenvalue weighted by Crippen LogP contribution is 2.23. The number of hydrogen-bond acceptors (Lipinski definition) is 6. The third-order valence-corrected chi connectivity index (χ3v) is 8.48. The first-order chi connectivity index (χ1) is 17.8. The van der Waals surface area contributed by atoms with Crippen LogP contribution >= 0.6 is 22.9 Å². The largest absolute Gasteiger partial charge is 0.352 e. The molecule has 0 spiro atoms. The number of hydrazine groups is 1. The second kappa shape index (κ2) is 13.0. The maximum Gasteiger partial charge on any atom is 0.332 e. The number of aryl methyl sites for hydroxylation is 2. The van der Waals surface area contributed by atoms with Crippen LogP contribution in [0.25, 0.3) is 0 Å². The molecule has 4 heterocycles. The molecule has 2 aromatic rings. The molecule has 0 radical (unpaired) electrons. The summed E-state index contributed by atoms with van der Waals surface area (Å²) in [6.07, 6.45) is 5.03. The third kappa shape index (κ3) is 7.44. The van der Waals surface area contributed by atoms with Crippen LogP contribution in [0, 0.1) is 13.8 Å². The maximum atomic E-state index is 13.2. The lowest BCUT2D eigenvalue weighted by atomic mass is 10.0. The van der Waals surface area contributed by atoms with E-state index in [4.69, 9.17) is 11.6 Å². The van der Waals surface area contributed by atoms with Crippen LogP contribution in [0.1, 0.15) is 66.2 Å². The molecule has 0 saturated carbocycles. The van der Waals surface area contributed by atoms with Gasteiger partial charge in [-0.25, -0.2) is 14.8 Å². The first-order valence-corrected chi connectivity index (χ1v) is 14.6. The normalized spacial score (nSPS) is 18.1. The zero-order valence-electron chi connectivity index (χ0n) is 22.1. The number of halogens is 1. The first-order valence-electron chi connectivity index (χ1n) is 13.3. The molecule has 10 heteroatoms. The third-order valence-electron chi connectivity index (χ3n) is 7.56. The molecule has 2 aromatic heterocycles. The Morgan fingerprint density at radius 1 is 1.22 bits per heavy atom. The van der Waals surface area contributed by atoms with Crippen molar-refractivity contribution in [3.63, 3.8) is 0 Å². The van der Waals surface area contributed by atoms with Crippen LogP contribution in [0.5, 0.6) is 0 Å². The van der Waals surface area contributed by atoms with Gasteiger partial charge in [0, 0.05) is 51.4 Å². The van der Waals surface area contributed by atoms with Crippen LogP contribution in [0.2, 0.25) is 5.15 Å². The molecule has 1 atom stereocenters. The Kier molecular flexibility index (Phi) is 9.81. The predicted octanol–water partition coefficient (Wildman–Crippen LogP) is 4.61. The van der Waals surface area contributed by atoms with Crippen LogP contribution < -0.4 is 10.7 Å². The zero-order chi connectivity index (χ0) is 26.4. The highest BCUT2D eigenvalue weighted by Gasteiger charge is 2.31. The molecule has 0 bridgehead atoms. The number of hydrogen-bond donors (Lipinski definition) is 2. The summed E-state index contributed by atoms with van der Waals surface area (Å²) in [6.45, 7) is 10.9. The van der Waals surface area contributed by atoms with Crippen molar-refractivity contribution in [1.82, 2.24) is 30.5 Å². The van der Waals surface area contributed by atoms with E-state index in [9.17, 15) is 9.59 Å². The minimum absolute atomic E-state index is 0.0181. The Morgan fingerprint density at radius 3 is 2.59 bits per heavy atom. The molecule has 1 unspecified atom stereocenters. The molecule has 0 aliphatic carbocycles. The van der Waals surface area contributed by atoms with Crippen molar-refractivity contribution in [1.29, 1.82) is 0 Å². The summed E-state index contributed by atoms with van der Waals surface area (Å²) in [5.74, 6) is -0.0989. The molecule has 8 nitrogen and oxygen atoms in total. The average molecular weight is 547 g/mol. The number of pyridine rings is 1. The molecule has 3 amide bonds. The van der Waals surface area contributed by atoms with Gasteiger partial charge in [-0.2, -0.15) is 11.3 Å². The molecule has 2 fully saturated rings. The van der Waals surface area contributed by atoms with Gasteiger partial charge >= 0.3 is 6.03 Å². The number of likely N-dealkylation sites (tertiary alicyclic amines) is 1. The number of nitrogens with zero attached hydrogens (tertiary/aromatic N) is 4. The number of urea groups is 1. The predicted molar refractivity (Wildman–Crippen MR) is 149 cm³/mol. The second-order valence-corrected chi connectivity index (χ2v) is 11.4. The summed E-state index contributed by atoms with van der Waals surface area (Å²) in [7, 11) is 0. The summed E-state index contributed by atoms with van der Waals surface area (Å²) >= 11 is 7.67. The number of rotatable bonds is 9. The fourth-order valence-corrected chi connectivity index (χ4v) is 6.36. The molecule has 2 aliphatic heterocycles. The summed E-state index contributed by atoms with van der Waals surface area (Å²) < 4.78 is 0. The van der Waals surface area contributed by atoms with Crippen LogP contribution in [0.15, 0.2) is 22.9 Å². The Morgan fingerprint density at radius 2 is 1.95 bits per heavy atom. The summed E-state index contributed by atoms with van der Waals surface area (Å²) in [5.41, 5.74) is 6.43. The Labute approximate surface area is 229 Å². The van der Waals surface area contributed by atoms with Gasteiger partial charge in [0.05, 0.1) is 11.3 Å². The Bertz CT molecular complexity index is 1030. The highest BCUT2D eigenvalue weighted by atomic mass is 35.5. The number of thiophene rings is 1. The van der Waals surface area contributed by atoms with Crippen molar-refractivity contribution in [2.24, 2.45) is 0 Å². The SMILES string of the molecule is Cc1cc(Cl)nc(C)c1C(=O)NCCC(C)N1CCC(N(Cc2ccsc2)C(=O)NN2CCCC2)CC1. The molecule has 2 saturated heterocycles. The molecule has 2 N–H and O–H groups in total. The Balaban J connectivity index is 1.27. The van der Waals surface area contributed by atoms with Crippen molar-refractivity contribution in [3.8, 4) is 0 Å². The summed E-state index contributed by atoms with van der Waals surface area (Å²) in [4.78, 5) is 34.7. The van der Waals surface area contributed by atoms with E-state index in [-0.39, 0.29) is 18.0 Å². The minimum Gasteiger partial charge on any atom is -0.352 e. The molecular formula is C27H39ClN6O2S. The lowest BCUT2D eigenvalue weighted by molar-refractivity contribution is 0.0840. The van der Waals surface area contributed by atoms with Crippen molar-refractivity contribution in [2.45, 2.75) is 71.5 Å². The number of piperidine rings is 1. The molecule has 0 aromatic carbocycles. The fourth-order valence-electron chi connectivity index (χ4n) is 5.41. The molecule has 2 aliphatic rings. The van der Waals surface area contributed by atoms with Gasteiger partial charge in [0.15, 0.2) is 0 Å². The topological polar surface area (TPSA) is 80.8 Å². The van der Waals surface area contributed by atoms with Crippen LogP contribution in [0.4, 0.5) is 4.79 Å². The fraction of sp³-hybridized carbons (Fsp3) is 0.593. The van der Waals surface area contributed by atoms with E-state index in [1.807, 2.05) is 18.7 Å². The zero-order valence-corrected chi connectivity index (χ0v) is 23.7. The first kappa shape index (κ1) is 27.8. The summed E-state index contributed by atoms with van der Waals surface area (Å²) in [6, 6.07) is 4.41. The quantitative estimate of drug-likeness (QED) is 0.449. The van der Waals surface area contributed by atoms with Crippen LogP contribution in [-0.4, -0.2) is 76.5 Å². The molecular weight excluding hydrogens is 508 g/mol. The summed E-state index contributed by atoms with van der Waals surface area (Å²) in [5, 5.41) is 9.72. The number of nitrogens with one attached hydrogen (secondary N) is 2. The maximum absolute atomic E-state index is 13.2. The van der Waals surface area contributed by atoms with Crippen LogP contribution in [-0.2, 0) is 6.54 Å². The van der Waals surface area contributed by atoms with E-state index in [2.05, 4.69) is 49.4 Å². The average Bonchev–Trinajstić information content (AvgIpc) is 3.56. The monoisotopic (exact) mass is 546 g/mol. The van der Waals surface area contributed by atoms with E-state index < -0.39 is 0 Å². The van der Waals surface area contributed by atoms with Gasteiger partial charge in [-0.1, -0.05) is 11.6 Å². The van der Waals surface area contributed by atoms with Crippen molar-refractivity contribution in [3.05, 3.63) is 50.4 Å². The molecule has 4 rings (SSSR count). The van der Waals surface area contributed by atoms with Gasteiger partial charge in [0.2, 0.25) is 0 Å². The van der Waals surface area contributed by atoms with E-state index in [1.165, 1.54) is 5.56 Å². The van der Waals surface area contributed by atoms with E-state index in [1.54, 1.807) is 17.4 Å². The second-order valence-electron chi connectivity index (χ2n) is 10.3. The number of aromatic nitrogens is 1. The van der Waals surface area contributed by atoms with Gasteiger partial charge in [-0.05, 0) is 86.9 Å². The number of carbonyl (C=O) groups excluding carboxylic acids is 2. The van der Waals surface area contributed by atoms with Crippen molar-refractivity contribution in [2.75, 3.05) is 32.7 Å². The van der Waals surface area contributed by atoms with Gasteiger partial charge < -0.3 is 15.1 Å². The van der Waals surface area contributed by atoms with Gasteiger partial charge in [-0.15, -0.1) is 0 Å². The van der Waals surface area contributed by atoms with Gasteiger partial charge in [-0.3, -0.25) is 10.2 Å². The standard InChI is InChI=1S/C27H39ClN6O2S/c1-19-16-24(28)30-21(3)25(19)26(35)29-10-6-20(2)32-13-7-23(8-14-32)34(17-22-9-15-37-18-22)27(36)31-33-11-4-5-12-33/h9,15-16,18,20,23H,4-8,10-14,17H2,1-3H3,(H,29,35)(H,31,36). The van der Waals surface area contributed by atoms with Crippen molar-refractivity contribution < 1.29 is 9.59 Å². The van der Waals surface area contributed by atoms with E-state index >= 15 is 0 Å². The highest BCUT2D eigenvalue weighted by molar-refractivity contribution is 7.07. The lowest BCUT2D eigenvalue weighted by Crippen LogP contribution is -2.54. The van der Waals surface area contributed by atoms with E-state index in [0.717, 1.165) is 63.8 Å². The Hall–Kier alpha value is -2.20. The molecule has 202 valence electrons. The lowest BCUT2D eigenvalue weighted by Gasteiger charge is -2.41. The van der Waals surface area contributed by atoms with Gasteiger partial charge in [0.1, 0.15) is 5.15 Å². The molecule has 37 heavy (non-hydrogen) atoms.